The minimum atomic E-state index is 0.210. The van der Waals surface area contributed by atoms with E-state index in [0.717, 1.165) is 0 Å². The molecule has 1 aromatic rings. The SMILES string of the molecule is COc1c(Br)c(N)cc2c1OCO2. The summed E-state index contributed by atoms with van der Waals surface area (Å²) in [5, 5.41) is 0. The van der Waals surface area contributed by atoms with Crippen LogP contribution in [-0.4, -0.2) is 13.9 Å². The lowest BCUT2D eigenvalue weighted by molar-refractivity contribution is 0.171. The molecule has 2 rings (SSSR count). The van der Waals surface area contributed by atoms with Crippen molar-refractivity contribution in [2.45, 2.75) is 0 Å². The summed E-state index contributed by atoms with van der Waals surface area (Å²) in [5.41, 5.74) is 6.28. The summed E-state index contributed by atoms with van der Waals surface area (Å²) < 4.78 is 16.2. The first-order valence-electron chi connectivity index (χ1n) is 3.65. The van der Waals surface area contributed by atoms with Gasteiger partial charge in [-0.25, -0.2) is 0 Å². The van der Waals surface area contributed by atoms with Crippen LogP contribution in [0.5, 0.6) is 17.2 Å². The van der Waals surface area contributed by atoms with Gasteiger partial charge in [-0.15, -0.1) is 0 Å². The minimum absolute atomic E-state index is 0.210. The number of halogens is 1. The Hall–Kier alpha value is -1.10. The van der Waals surface area contributed by atoms with Gasteiger partial charge in [0.25, 0.3) is 0 Å². The molecule has 0 saturated carbocycles. The van der Waals surface area contributed by atoms with Gasteiger partial charge >= 0.3 is 0 Å². The molecule has 0 radical (unpaired) electrons. The zero-order valence-corrected chi connectivity index (χ0v) is 8.55. The Bertz CT molecular complexity index is 354. The average Bonchev–Trinajstić information content (AvgIpc) is 2.54. The number of nitrogen functional groups attached to an aromatic ring is 1. The maximum Gasteiger partial charge on any atom is 0.231 e. The van der Waals surface area contributed by atoms with Gasteiger partial charge < -0.3 is 19.9 Å². The maximum absolute atomic E-state index is 5.71. The van der Waals surface area contributed by atoms with E-state index in [-0.39, 0.29) is 6.79 Å². The number of methoxy groups -OCH3 is 1. The summed E-state index contributed by atoms with van der Waals surface area (Å²) in [6, 6.07) is 1.70. The van der Waals surface area contributed by atoms with E-state index < -0.39 is 0 Å². The number of anilines is 1. The summed E-state index contributed by atoms with van der Waals surface area (Å²) in [7, 11) is 1.56. The molecule has 1 aromatic carbocycles. The van der Waals surface area contributed by atoms with Crippen LogP contribution >= 0.6 is 15.9 Å². The Morgan fingerprint density at radius 2 is 2.31 bits per heavy atom. The molecule has 1 aliphatic heterocycles. The predicted molar refractivity (Wildman–Crippen MR) is 51.2 cm³/mol. The number of benzene rings is 1. The predicted octanol–water partition coefficient (Wildman–Crippen LogP) is 1.77. The highest BCUT2D eigenvalue weighted by atomic mass is 79.9. The van der Waals surface area contributed by atoms with E-state index in [1.54, 1.807) is 13.2 Å². The van der Waals surface area contributed by atoms with Gasteiger partial charge in [-0.2, -0.15) is 0 Å². The number of fused-ring (bicyclic) bond motifs is 1. The van der Waals surface area contributed by atoms with Crippen LogP contribution in [0.25, 0.3) is 0 Å². The third kappa shape index (κ3) is 1.19. The van der Waals surface area contributed by atoms with Crippen molar-refractivity contribution in [2.24, 2.45) is 0 Å². The van der Waals surface area contributed by atoms with Crippen LogP contribution in [0.15, 0.2) is 10.5 Å². The Morgan fingerprint density at radius 1 is 1.54 bits per heavy atom. The first-order chi connectivity index (χ1) is 6.24. The molecule has 0 aliphatic carbocycles. The maximum atomic E-state index is 5.71. The van der Waals surface area contributed by atoms with E-state index in [4.69, 9.17) is 19.9 Å². The van der Waals surface area contributed by atoms with Gasteiger partial charge in [-0.05, 0) is 15.9 Å². The fourth-order valence-corrected chi connectivity index (χ4v) is 1.65. The van der Waals surface area contributed by atoms with Crippen molar-refractivity contribution >= 4 is 21.6 Å². The van der Waals surface area contributed by atoms with E-state index in [0.29, 0.717) is 27.4 Å². The van der Waals surface area contributed by atoms with Gasteiger partial charge in [0.05, 0.1) is 17.3 Å². The van der Waals surface area contributed by atoms with Crippen LogP contribution < -0.4 is 19.9 Å². The third-order valence-corrected chi connectivity index (χ3v) is 2.61. The fraction of sp³-hybridized carbons (Fsp3) is 0.250. The summed E-state index contributed by atoms with van der Waals surface area (Å²) in [6.07, 6.45) is 0. The second-order valence-corrected chi connectivity index (χ2v) is 3.34. The van der Waals surface area contributed by atoms with Crippen molar-refractivity contribution in [1.29, 1.82) is 0 Å². The second-order valence-electron chi connectivity index (χ2n) is 2.55. The first-order valence-corrected chi connectivity index (χ1v) is 4.45. The molecule has 70 valence electrons. The summed E-state index contributed by atoms with van der Waals surface area (Å²) in [4.78, 5) is 0. The molecule has 5 heteroatoms. The van der Waals surface area contributed by atoms with Crippen LogP contribution in [0.3, 0.4) is 0 Å². The zero-order chi connectivity index (χ0) is 9.42. The number of ether oxygens (including phenoxy) is 3. The van der Waals surface area contributed by atoms with Crippen molar-refractivity contribution in [3.63, 3.8) is 0 Å². The standard InChI is InChI=1S/C8H8BrNO3/c1-11-8-6(9)4(10)2-5-7(8)13-3-12-5/h2H,3,10H2,1H3. The zero-order valence-electron chi connectivity index (χ0n) is 6.96. The molecule has 1 aliphatic rings. The molecule has 0 atom stereocenters. The molecule has 4 nitrogen and oxygen atoms in total. The van der Waals surface area contributed by atoms with Gasteiger partial charge in [0.1, 0.15) is 0 Å². The molecule has 0 bridgehead atoms. The topological polar surface area (TPSA) is 53.7 Å². The monoisotopic (exact) mass is 245 g/mol. The Kier molecular flexibility index (Phi) is 1.95. The molecule has 1 heterocycles. The molecule has 0 amide bonds. The molecule has 0 spiro atoms. The van der Waals surface area contributed by atoms with E-state index in [1.807, 2.05) is 0 Å². The van der Waals surface area contributed by atoms with Crippen molar-refractivity contribution in [1.82, 2.24) is 0 Å². The first kappa shape index (κ1) is 8.50. The minimum Gasteiger partial charge on any atom is -0.492 e. The molecule has 0 fully saturated rings. The Labute approximate surface area is 83.7 Å². The van der Waals surface area contributed by atoms with Gasteiger partial charge in [-0.1, -0.05) is 0 Å². The van der Waals surface area contributed by atoms with Crippen molar-refractivity contribution in [3.8, 4) is 17.2 Å². The highest BCUT2D eigenvalue weighted by Gasteiger charge is 2.23. The lowest BCUT2D eigenvalue weighted by Crippen LogP contribution is -1.94. The van der Waals surface area contributed by atoms with E-state index in [1.165, 1.54) is 0 Å². The molecular weight excluding hydrogens is 238 g/mol. The molecule has 13 heavy (non-hydrogen) atoms. The number of rotatable bonds is 1. The van der Waals surface area contributed by atoms with Crippen LogP contribution in [0.4, 0.5) is 5.69 Å². The number of hydrogen-bond donors (Lipinski definition) is 1. The lowest BCUT2D eigenvalue weighted by atomic mass is 10.2. The van der Waals surface area contributed by atoms with Gasteiger partial charge in [0.15, 0.2) is 11.5 Å². The third-order valence-electron chi connectivity index (χ3n) is 1.79. The normalized spacial score (nSPS) is 13.1. The second kappa shape index (κ2) is 2.99. The lowest BCUT2D eigenvalue weighted by Gasteiger charge is -2.08. The van der Waals surface area contributed by atoms with E-state index >= 15 is 0 Å². The van der Waals surface area contributed by atoms with Gasteiger partial charge in [-0.3, -0.25) is 0 Å². The van der Waals surface area contributed by atoms with Crippen LogP contribution in [-0.2, 0) is 0 Å². The van der Waals surface area contributed by atoms with Crippen LogP contribution in [0.1, 0.15) is 0 Å². The van der Waals surface area contributed by atoms with Gasteiger partial charge in [0, 0.05) is 6.07 Å². The van der Waals surface area contributed by atoms with E-state index in [9.17, 15) is 0 Å². The highest BCUT2D eigenvalue weighted by molar-refractivity contribution is 9.10. The highest BCUT2D eigenvalue weighted by Crippen LogP contribution is 2.48. The number of nitrogens with two attached hydrogens (primary N) is 1. The Balaban J connectivity index is 2.64. The largest absolute Gasteiger partial charge is 0.492 e. The molecule has 2 N–H and O–H groups in total. The molecule has 0 saturated heterocycles. The van der Waals surface area contributed by atoms with Crippen molar-refractivity contribution in [2.75, 3.05) is 19.6 Å². The fourth-order valence-electron chi connectivity index (χ4n) is 1.19. The van der Waals surface area contributed by atoms with Gasteiger partial charge in [0.2, 0.25) is 12.5 Å². The van der Waals surface area contributed by atoms with Crippen LogP contribution in [0.2, 0.25) is 0 Å². The van der Waals surface area contributed by atoms with Crippen LogP contribution in [0, 0.1) is 0 Å². The number of hydrogen-bond acceptors (Lipinski definition) is 4. The summed E-state index contributed by atoms with van der Waals surface area (Å²) >= 11 is 3.31. The van der Waals surface area contributed by atoms with E-state index in [2.05, 4.69) is 15.9 Å². The van der Waals surface area contributed by atoms with Crippen molar-refractivity contribution < 1.29 is 14.2 Å². The molecular formula is C8H8BrNO3. The molecule has 0 unspecified atom stereocenters. The summed E-state index contributed by atoms with van der Waals surface area (Å²) in [6.45, 7) is 0.210. The molecule has 0 aromatic heterocycles. The smallest absolute Gasteiger partial charge is 0.231 e. The summed E-state index contributed by atoms with van der Waals surface area (Å²) in [5.74, 6) is 1.80. The average molecular weight is 246 g/mol. The van der Waals surface area contributed by atoms with Crippen molar-refractivity contribution in [3.05, 3.63) is 10.5 Å². The quantitative estimate of drug-likeness (QED) is 0.767. The Morgan fingerprint density at radius 3 is 3.00 bits per heavy atom.